The number of rotatable bonds is 6. The summed E-state index contributed by atoms with van der Waals surface area (Å²) in [6.07, 6.45) is 3.42. The van der Waals surface area contributed by atoms with Gasteiger partial charge in [0, 0.05) is 6.42 Å². The minimum atomic E-state index is 0.375. The second-order valence-corrected chi connectivity index (χ2v) is 8.90. The highest BCUT2D eigenvalue weighted by molar-refractivity contribution is 5.75. The van der Waals surface area contributed by atoms with Gasteiger partial charge in [-0.15, -0.1) is 0 Å². The van der Waals surface area contributed by atoms with Crippen LogP contribution in [-0.4, -0.2) is 5.78 Å². The Morgan fingerprint density at radius 2 is 1.85 bits per heavy atom. The van der Waals surface area contributed by atoms with Gasteiger partial charge in [0.15, 0.2) is 0 Å². The van der Waals surface area contributed by atoms with Crippen LogP contribution in [0.2, 0.25) is 0 Å². The number of carbonyl (C=O) groups is 1. The summed E-state index contributed by atoms with van der Waals surface area (Å²) in [7, 11) is 0. The first-order valence-electron chi connectivity index (χ1n) is 8.65. The van der Waals surface area contributed by atoms with Crippen molar-refractivity contribution < 1.29 is 4.79 Å². The SMILES string of the molecule is CC(=O)C[C@H](CC(C)C)C(C)[C@H]1C(C)CC2C1C2(C)C. The number of hydrogen-bond acceptors (Lipinski definition) is 1. The Morgan fingerprint density at radius 3 is 2.30 bits per heavy atom. The first kappa shape index (κ1) is 16.0. The van der Waals surface area contributed by atoms with Crippen LogP contribution in [0.5, 0.6) is 0 Å². The van der Waals surface area contributed by atoms with E-state index in [9.17, 15) is 4.79 Å². The third-order valence-corrected chi connectivity index (χ3v) is 6.51. The molecule has 0 N–H and O–H groups in total. The molecule has 2 rings (SSSR count). The Hall–Kier alpha value is -0.330. The van der Waals surface area contributed by atoms with Crippen LogP contribution in [0.3, 0.4) is 0 Å². The third-order valence-electron chi connectivity index (χ3n) is 6.51. The van der Waals surface area contributed by atoms with E-state index in [1.54, 1.807) is 6.92 Å². The highest BCUT2D eigenvalue weighted by Crippen LogP contribution is 2.72. The molecule has 6 atom stereocenters. The average molecular weight is 278 g/mol. The fourth-order valence-electron chi connectivity index (χ4n) is 5.53. The molecule has 2 saturated carbocycles. The van der Waals surface area contributed by atoms with Crippen molar-refractivity contribution in [2.45, 2.75) is 67.7 Å². The summed E-state index contributed by atoms with van der Waals surface area (Å²) in [6.45, 7) is 16.1. The summed E-state index contributed by atoms with van der Waals surface area (Å²) in [5.41, 5.74) is 0.573. The first-order chi connectivity index (χ1) is 9.16. The van der Waals surface area contributed by atoms with E-state index in [0.29, 0.717) is 29.0 Å². The Kier molecular flexibility index (Phi) is 4.38. The van der Waals surface area contributed by atoms with Crippen molar-refractivity contribution >= 4 is 5.78 Å². The lowest BCUT2D eigenvalue weighted by Gasteiger charge is -2.35. The second kappa shape index (κ2) is 5.46. The van der Waals surface area contributed by atoms with Gasteiger partial charge in [0.25, 0.3) is 0 Å². The van der Waals surface area contributed by atoms with E-state index < -0.39 is 0 Å². The maximum Gasteiger partial charge on any atom is 0.130 e. The van der Waals surface area contributed by atoms with Gasteiger partial charge >= 0.3 is 0 Å². The van der Waals surface area contributed by atoms with Crippen molar-refractivity contribution in [3.8, 4) is 0 Å². The van der Waals surface area contributed by atoms with E-state index in [1.165, 1.54) is 12.8 Å². The molecule has 0 aromatic carbocycles. The lowest BCUT2D eigenvalue weighted by molar-refractivity contribution is -0.118. The van der Waals surface area contributed by atoms with Gasteiger partial charge < -0.3 is 4.79 Å². The summed E-state index contributed by atoms with van der Waals surface area (Å²) in [4.78, 5) is 11.7. The van der Waals surface area contributed by atoms with Crippen LogP contribution in [0.4, 0.5) is 0 Å². The van der Waals surface area contributed by atoms with Crippen LogP contribution < -0.4 is 0 Å². The zero-order valence-electron chi connectivity index (χ0n) is 14.6. The molecule has 2 fully saturated rings. The molecule has 0 aromatic heterocycles. The molecule has 0 heterocycles. The predicted octanol–water partition coefficient (Wildman–Crippen LogP) is 5.19. The lowest BCUT2D eigenvalue weighted by Crippen LogP contribution is -2.29. The van der Waals surface area contributed by atoms with Gasteiger partial charge in [0.1, 0.15) is 5.78 Å². The number of Topliss-reactive ketones (excluding diaryl/α,β-unsaturated/α-hetero) is 1. The van der Waals surface area contributed by atoms with Crippen LogP contribution in [0.1, 0.15) is 67.7 Å². The molecular weight excluding hydrogens is 244 g/mol. The number of carbonyl (C=O) groups excluding carboxylic acids is 1. The highest BCUT2D eigenvalue weighted by Gasteiger charge is 2.66. The molecule has 0 radical (unpaired) electrons. The summed E-state index contributed by atoms with van der Waals surface area (Å²) in [6, 6.07) is 0. The lowest BCUT2D eigenvalue weighted by atomic mass is 9.70. The molecule has 0 aliphatic heterocycles. The third kappa shape index (κ3) is 2.83. The fourth-order valence-corrected chi connectivity index (χ4v) is 5.53. The molecule has 2 aliphatic rings. The van der Waals surface area contributed by atoms with E-state index in [2.05, 4.69) is 41.5 Å². The predicted molar refractivity (Wildman–Crippen MR) is 85.4 cm³/mol. The maximum atomic E-state index is 11.7. The van der Waals surface area contributed by atoms with E-state index in [1.807, 2.05) is 0 Å². The highest BCUT2D eigenvalue weighted by atomic mass is 16.1. The van der Waals surface area contributed by atoms with Crippen molar-refractivity contribution in [1.82, 2.24) is 0 Å². The monoisotopic (exact) mass is 278 g/mol. The Morgan fingerprint density at radius 1 is 1.25 bits per heavy atom. The number of hydrogen-bond donors (Lipinski definition) is 0. The van der Waals surface area contributed by atoms with Crippen molar-refractivity contribution in [2.24, 2.45) is 46.8 Å². The number of ketones is 1. The molecule has 2 aliphatic carbocycles. The minimum absolute atomic E-state index is 0.375. The van der Waals surface area contributed by atoms with Gasteiger partial charge in [-0.25, -0.2) is 0 Å². The average Bonchev–Trinajstić information content (AvgIpc) is 2.68. The molecule has 0 amide bonds. The van der Waals surface area contributed by atoms with Crippen molar-refractivity contribution in [1.29, 1.82) is 0 Å². The summed E-state index contributed by atoms with van der Waals surface area (Å²) < 4.78 is 0. The summed E-state index contributed by atoms with van der Waals surface area (Å²) >= 11 is 0. The fraction of sp³-hybridized carbons (Fsp3) is 0.947. The van der Waals surface area contributed by atoms with Crippen LogP contribution in [0.25, 0.3) is 0 Å². The van der Waals surface area contributed by atoms with Crippen molar-refractivity contribution in [3.05, 3.63) is 0 Å². The topological polar surface area (TPSA) is 17.1 Å². The standard InChI is InChI=1S/C19H34O/c1-11(2)8-15(10-13(4)20)14(5)17-12(3)9-16-18(17)19(16,6)7/h11-12,14-18H,8-10H2,1-7H3/t12?,14?,15-,16?,17+,18?/m0/s1. The Bertz CT molecular complexity index is 368. The van der Waals surface area contributed by atoms with E-state index in [-0.39, 0.29) is 0 Å². The van der Waals surface area contributed by atoms with E-state index in [0.717, 1.165) is 30.1 Å². The molecular formula is C19H34O. The number of fused-ring (bicyclic) bond motifs is 1. The zero-order chi connectivity index (χ0) is 15.2. The second-order valence-electron chi connectivity index (χ2n) is 8.90. The molecule has 1 nitrogen and oxygen atoms in total. The minimum Gasteiger partial charge on any atom is -0.300 e. The molecule has 116 valence electrons. The van der Waals surface area contributed by atoms with Crippen LogP contribution in [0, 0.1) is 46.8 Å². The summed E-state index contributed by atoms with van der Waals surface area (Å²) in [5, 5.41) is 0. The maximum absolute atomic E-state index is 11.7. The van der Waals surface area contributed by atoms with E-state index in [4.69, 9.17) is 0 Å². The molecule has 0 aromatic rings. The Labute approximate surface area is 125 Å². The molecule has 4 unspecified atom stereocenters. The Balaban J connectivity index is 2.10. The van der Waals surface area contributed by atoms with Crippen molar-refractivity contribution in [2.75, 3.05) is 0 Å². The quantitative estimate of drug-likeness (QED) is 0.653. The van der Waals surface area contributed by atoms with Crippen LogP contribution in [0.15, 0.2) is 0 Å². The molecule has 0 bridgehead atoms. The molecule has 0 spiro atoms. The van der Waals surface area contributed by atoms with Gasteiger partial charge in [-0.3, -0.25) is 0 Å². The van der Waals surface area contributed by atoms with Crippen LogP contribution in [-0.2, 0) is 4.79 Å². The van der Waals surface area contributed by atoms with Crippen LogP contribution >= 0.6 is 0 Å². The largest absolute Gasteiger partial charge is 0.300 e. The first-order valence-corrected chi connectivity index (χ1v) is 8.65. The van der Waals surface area contributed by atoms with E-state index >= 15 is 0 Å². The normalized spacial score (nSPS) is 37.6. The molecule has 1 heteroatoms. The molecule has 0 saturated heterocycles. The van der Waals surface area contributed by atoms with Gasteiger partial charge in [0.2, 0.25) is 0 Å². The van der Waals surface area contributed by atoms with Gasteiger partial charge in [-0.2, -0.15) is 0 Å². The smallest absolute Gasteiger partial charge is 0.130 e. The zero-order valence-corrected chi connectivity index (χ0v) is 14.6. The van der Waals surface area contributed by atoms with Crippen molar-refractivity contribution in [3.63, 3.8) is 0 Å². The van der Waals surface area contributed by atoms with Gasteiger partial charge in [0.05, 0.1) is 0 Å². The van der Waals surface area contributed by atoms with Gasteiger partial charge in [-0.05, 0) is 66.6 Å². The summed E-state index contributed by atoms with van der Waals surface area (Å²) in [5.74, 6) is 5.95. The van der Waals surface area contributed by atoms with Gasteiger partial charge in [-0.1, -0.05) is 41.5 Å². The molecule has 20 heavy (non-hydrogen) atoms.